The highest BCUT2D eigenvalue weighted by atomic mass is 32.1. The quantitative estimate of drug-likeness (QED) is 0.843. The van der Waals surface area contributed by atoms with Crippen LogP contribution in [0, 0.1) is 0 Å². The third kappa shape index (κ3) is 3.02. The lowest BCUT2D eigenvalue weighted by Crippen LogP contribution is -2.47. The van der Waals surface area contributed by atoms with E-state index < -0.39 is 5.54 Å². The van der Waals surface area contributed by atoms with Gasteiger partial charge in [-0.3, -0.25) is 4.79 Å². The van der Waals surface area contributed by atoms with Crippen LogP contribution < -0.4 is 5.73 Å². The predicted octanol–water partition coefficient (Wildman–Crippen LogP) is 1.01. The first-order valence-electron chi connectivity index (χ1n) is 5.39. The molecule has 0 aliphatic heterocycles. The first-order valence-corrected chi connectivity index (χ1v) is 6.27. The van der Waals surface area contributed by atoms with E-state index in [2.05, 4.69) is 4.98 Å². The van der Waals surface area contributed by atoms with E-state index in [4.69, 9.17) is 5.73 Å². The number of carbonyl (C=O) groups is 1. The molecule has 0 radical (unpaired) electrons. The van der Waals surface area contributed by atoms with Gasteiger partial charge < -0.3 is 15.7 Å². The Bertz CT molecular complexity index is 401. The predicted molar refractivity (Wildman–Crippen MR) is 68.0 cm³/mol. The van der Waals surface area contributed by atoms with Crippen LogP contribution in [0.5, 0.6) is 0 Å². The molecule has 1 aromatic heterocycles. The van der Waals surface area contributed by atoms with Crippen LogP contribution in [0.3, 0.4) is 0 Å². The lowest BCUT2D eigenvalue weighted by Gasteiger charge is -2.33. The summed E-state index contributed by atoms with van der Waals surface area (Å²) in [4.78, 5) is 17.8. The van der Waals surface area contributed by atoms with Crippen molar-refractivity contribution >= 4 is 17.2 Å². The number of hydrogen-bond donors (Lipinski definition) is 2. The van der Waals surface area contributed by atoms with Crippen LogP contribution in [0.4, 0.5) is 0 Å². The number of aromatic nitrogens is 1. The van der Waals surface area contributed by atoms with Gasteiger partial charge in [-0.05, 0) is 20.8 Å². The average molecular weight is 257 g/mol. The van der Waals surface area contributed by atoms with Crippen LogP contribution in [0.2, 0.25) is 0 Å². The van der Waals surface area contributed by atoms with Crippen molar-refractivity contribution < 1.29 is 9.90 Å². The third-order valence-corrected chi connectivity index (χ3v) is 3.78. The molecule has 1 atom stereocenters. The van der Waals surface area contributed by atoms with Gasteiger partial charge in [-0.2, -0.15) is 0 Å². The van der Waals surface area contributed by atoms with E-state index in [-0.39, 0.29) is 18.6 Å². The molecular weight excluding hydrogens is 238 g/mol. The second kappa shape index (κ2) is 5.12. The lowest BCUT2D eigenvalue weighted by molar-refractivity contribution is 0.0468. The fraction of sp³-hybridized carbons (Fsp3) is 0.636. The van der Waals surface area contributed by atoms with Gasteiger partial charge in [0.05, 0.1) is 18.2 Å². The molecule has 1 unspecified atom stereocenters. The Hall–Kier alpha value is -0.980. The smallest absolute Gasteiger partial charge is 0.273 e. The highest BCUT2D eigenvalue weighted by Crippen LogP contribution is 2.19. The Kier molecular flexibility index (Phi) is 4.24. The van der Waals surface area contributed by atoms with Crippen LogP contribution in [0.1, 0.15) is 42.3 Å². The van der Waals surface area contributed by atoms with Crippen molar-refractivity contribution in [3.05, 3.63) is 16.1 Å². The van der Waals surface area contributed by atoms with Crippen molar-refractivity contribution in [2.75, 3.05) is 13.7 Å². The topological polar surface area (TPSA) is 79.5 Å². The number of rotatable bonds is 4. The van der Waals surface area contributed by atoms with E-state index in [1.807, 2.05) is 6.92 Å². The summed E-state index contributed by atoms with van der Waals surface area (Å²) in [6.45, 7) is 5.32. The molecule has 0 aromatic carbocycles. The van der Waals surface area contributed by atoms with Crippen LogP contribution in [0.25, 0.3) is 0 Å². The van der Waals surface area contributed by atoms with E-state index >= 15 is 0 Å². The molecule has 96 valence electrons. The maximum Gasteiger partial charge on any atom is 0.273 e. The number of carbonyl (C=O) groups excluding carboxylic acids is 1. The van der Waals surface area contributed by atoms with Crippen LogP contribution >= 0.6 is 11.3 Å². The maximum absolute atomic E-state index is 12.1. The number of nitrogens with zero attached hydrogens (tertiary/aromatic N) is 2. The van der Waals surface area contributed by atoms with Gasteiger partial charge >= 0.3 is 0 Å². The molecule has 0 fully saturated rings. The van der Waals surface area contributed by atoms with Gasteiger partial charge in [0.1, 0.15) is 10.7 Å². The molecule has 1 aromatic rings. The van der Waals surface area contributed by atoms with Gasteiger partial charge in [0, 0.05) is 12.4 Å². The Morgan fingerprint density at radius 1 is 1.71 bits per heavy atom. The number of amides is 1. The molecule has 6 heteroatoms. The fourth-order valence-electron chi connectivity index (χ4n) is 1.15. The molecule has 0 aliphatic rings. The number of thiazole rings is 1. The second-order valence-electron chi connectivity index (χ2n) is 4.69. The summed E-state index contributed by atoms with van der Waals surface area (Å²) in [7, 11) is 1.66. The summed E-state index contributed by atoms with van der Waals surface area (Å²) in [5, 5.41) is 11.7. The van der Waals surface area contributed by atoms with E-state index in [0.717, 1.165) is 5.01 Å². The normalized spacial score (nSPS) is 13.5. The van der Waals surface area contributed by atoms with Crippen molar-refractivity contribution in [2.45, 2.75) is 32.4 Å². The number of aliphatic hydroxyl groups excluding tert-OH is 1. The number of nitrogens with two attached hydrogens (primary N) is 1. The minimum Gasteiger partial charge on any atom is -0.394 e. The number of aliphatic hydroxyl groups is 1. The van der Waals surface area contributed by atoms with Gasteiger partial charge in [0.25, 0.3) is 5.91 Å². The largest absolute Gasteiger partial charge is 0.394 e. The van der Waals surface area contributed by atoms with Crippen LogP contribution in [-0.2, 0) is 0 Å². The van der Waals surface area contributed by atoms with Crippen molar-refractivity contribution in [1.29, 1.82) is 0 Å². The summed E-state index contributed by atoms with van der Waals surface area (Å²) >= 11 is 1.38. The maximum atomic E-state index is 12.1. The second-order valence-corrected chi connectivity index (χ2v) is 5.58. The van der Waals surface area contributed by atoms with Crippen molar-refractivity contribution in [3.8, 4) is 0 Å². The van der Waals surface area contributed by atoms with E-state index in [0.29, 0.717) is 5.69 Å². The van der Waals surface area contributed by atoms with Gasteiger partial charge in [0.15, 0.2) is 0 Å². The van der Waals surface area contributed by atoms with Crippen LogP contribution in [-0.4, -0.2) is 40.1 Å². The van der Waals surface area contributed by atoms with Gasteiger partial charge in [-0.25, -0.2) is 4.98 Å². The zero-order valence-corrected chi connectivity index (χ0v) is 11.4. The summed E-state index contributed by atoms with van der Waals surface area (Å²) in [6.07, 6.45) is 0. The Balaban J connectivity index is 2.89. The van der Waals surface area contributed by atoms with E-state index in [1.54, 1.807) is 26.3 Å². The molecule has 0 saturated heterocycles. The van der Waals surface area contributed by atoms with Crippen molar-refractivity contribution in [1.82, 2.24) is 9.88 Å². The molecule has 0 spiro atoms. The minimum absolute atomic E-state index is 0.0977. The fourth-order valence-corrected chi connectivity index (χ4v) is 1.90. The molecule has 17 heavy (non-hydrogen) atoms. The lowest BCUT2D eigenvalue weighted by atomic mass is 10.1. The molecule has 5 nitrogen and oxygen atoms in total. The van der Waals surface area contributed by atoms with Crippen LogP contribution in [0.15, 0.2) is 5.38 Å². The first kappa shape index (κ1) is 14.1. The highest BCUT2D eigenvalue weighted by molar-refractivity contribution is 7.09. The summed E-state index contributed by atoms with van der Waals surface area (Å²) < 4.78 is 0. The molecule has 0 bridgehead atoms. The average Bonchev–Trinajstić information content (AvgIpc) is 2.76. The molecular formula is C11H19N3O2S. The zero-order valence-electron chi connectivity index (χ0n) is 10.6. The summed E-state index contributed by atoms with van der Waals surface area (Å²) in [5.41, 5.74) is 5.48. The zero-order chi connectivity index (χ0) is 13.2. The monoisotopic (exact) mass is 257 g/mol. The summed E-state index contributed by atoms with van der Waals surface area (Å²) in [5.74, 6) is -0.202. The van der Waals surface area contributed by atoms with Crippen molar-refractivity contribution in [2.24, 2.45) is 5.73 Å². The highest BCUT2D eigenvalue weighted by Gasteiger charge is 2.28. The van der Waals surface area contributed by atoms with E-state index in [1.165, 1.54) is 16.2 Å². The SMILES string of the molecule is CC(N)c1nc(C(=O)N(C)C(C)(C)CO)cs1. The molecule has 0 saturated carbocycles. The summed E-state index contributed by atoms with van der Waals surface area (Å²) in [6, 6.07) is -0.169. The van der Waals surface area contributed by atoms with E-state index in [9.17, 15) is 9.90 Å². The standard InChI is InChI=1S/C11H19N3O2S/c1-7(12)9-13-8(5-17-9)10(16)14(4)11(2,3)6-15/h5,7,15H,6,12H2,1-4H3. The van der Waals surface area contributed by atoms with Crippen molar-refractivity contribution in [3.63, 3.8) is 0 Å². The molecule has 1 rings (SSSR count). The molecule has 3 N–H and O–H groups in total. The Labute approximate surface area is 105 Å². The number of likely N-dealkylation sites (N-methyl/N-ethyl adjacent to an activating group) is 1. The van der Waals surface area contributed by atoms with Gasteiger partial charge in [-0.15, -0.1) is 11.3 Å². The third-order valence-electron chi connectivity index (χ3n) is 2.73. The number of hydrogen-bond acceptors (Lipinski definition) is 5. The minimum atomic E-state index is -0.602. The Morgan fingerprint density at radius 2 is 2.29 bits per heavy atom. The Morgan fingerprint density at radius 3 is 2.71 bits per heavy atom. The van der Waals surface area contributed by atoms with Gasteiger partial charge in [-0.1, -0.05) is 0 Å². The molecule has 1 heterocycles. The van der Waals surface area contributed by atoms with Gasteiger partial charge in [0.2, 0.25) is 0 Å². The first-order chi connectivity index (χ1) is 7.79. The molecule has 0 aliphatic carbocycles. The molecule has 1 amide bonds.